The Morgan fingerprint density at radius 2 is 1.78 bits per heavy atom. The SMILES string of the molecule is FC(F)(F)c1conn1.O=C(NC1=NOCN1C(F)(F)F)c1ccccc1. The molecule has 8 nitrogen and oxygen atoms in total. The maximum absolute atomic E-state index is 12.5. The van der Waals surface area contributed by atoms with Gasteiger partial charge in [0, 0.05) is 10.8 Å². The Hall–Kier alpha value is -3.32. The first-order valence-corrected chi connectivity index (χ1v) is 6.84. The highest BCUT2D eigenvalue weighted by Crippen LogP contribution is 2.26. The molecule has 0 saturated heterocycles. The zero-order valence-corrected chi connectivity index (χ0v) is 13.0. The van der Waals surface area contributed by atoms with Crippen molar-refractivity contribution in [3.63, 3.8) is 0 Å². The lowest BCUT2D eigenvalue weighted by Crippen LogP contribution is -2.48. The first-order chi connectivity index (χ1) is 12.6. The molecule has 1 aromatic heterocycles. The molecule has 0 fully saturated rings. The van der Waals surface area contributed by atoms with E-state index in [4.69, 9.17) is 0 Å². The Balaban J connectivity index is 0.000000244. The molecule has 1 N–H and O–H groups in total. The van der Waals surface area contributed by atoms with Gasteiger partial charge in [0.15, 0.2) is 13.0 Å². The first-order valence-electron chi connectivity index (χ1n) is 6.84. The van der Waals surface area contributed by atoms with Crippen molar-refractivity contribution in [3.05, 3.63) is 47.9 Å². The monoisotopic (exact) mass is 397 g/mol. The van der Waals surface area contributed by atoms with E-state index in [1.165, 1.54) is 12.1 Å². The normalized spacial score (nSPS) is 14.0. The van der Waals surface area contributed by atoms with Gasteiger partial charge >= 0.3 is 12.5 Å². The van der Waals surface area contributed by atoms with Crippen LogP contribution in [0, 0.1) is 0 Å². The molecule has 0 saturated carbocycles. The van der Waals surface area contributed by atoms with E-state index >= 15 is 0 Å². The minimum atomic E-state index is -4.65. The minimum Gasteiger partial charge on any atom is -0.370 e. The van der Waals surface area contributed by atoms with Crippen LogP contribution in [0.15, 0.2) is 46.3 Å². The third-order valence-corrected chi connectivity index (χ3v) is 2.81. The van der Waals surface area contributed by atoms with Gasteiger partial charge in [-0.3, -0.25) is 10.1 Å². The average molecular weight is 397 g/mol. The summed E-state index contributed by atoms with van der Waals surface area (Å²) >= 11 is 0. The summed E-state index contributed by atoms with van der Waals surface area (Å²) < 4.78 is 75.7. The Kier molecular flexibility index (Phi) is 5.87. The third kappa shape index (κ3) is 5.58. The lowest BCUT2D eigenvalue weighted by molar-refractivity contribution is -0.229. The number of carbonyl (C=O) groups excluding carboxylic acids is 1. The van der Waals surface area contributed by atoms with E-state index in [1.807, 2.05) is 5.32 Å². The van der Waals surface area contributed by atoms with Crippen LogP contribution in [0.25, 0.3) is 0 Å². The van der Waals surface area contributed by atoms with E-state index < -0.39 is 36.8 Å². The van der Waals surface area contributed by atoms with E-state index in [2.05, 4.69) is 24.9 Å². The van der Waals surface area contributed by atoms with E-state index in [0.717, 1.165) is 0 Å². The molecule has 1 aromatic carbocycles. The standard InChI is InChI=1S/C10H8F3N3O2.C3HF3N2O/c11-10(12,13)16-6-18-15-9(16)14-8(17)7-4-2-1-3-5-7;4-3(5,6)2-1-9-8-7-2/h1-5H,6H2,(H,14,15,17);1H. The van der Waals surface area contributed by atoms with E-state index in [1.54, 1.807) is 18.2 Å². The fraction of sp³-hybridized carbons (Fsp3) is 0.231. The van der Waals surface area contributed by atoms with Gasteiger partial charge in [0.1, 0.15) is 0 Å². The van der Waals surface area contributed by atoms with Gasteiger partial charge in [0.25, 0.3) is 11.9 Å². The molecule has 27 heavy (non-hydrogen) atoms. The summed E-state index contributed by atoms with van der Waals surface area (Å²) in [6, 6.07) is 7.84. The topological polar surface area (TPSA) is 92.8 Å². The van der Waals surface area contributed by atoms with Gasteiger partial charge in [-0.2, -0.15) is 13.2 Å². The lowest BCUT2D eigenvalue weighted by atomic mass is 10.2. The number of aromatic nitrogens is 2. The fourth-order valence-corrected chi connectivity index (χ4v) is 1.59. The van der Waals surface area contributed by atoms with Crippen LogP contribution in [-0.4, -0.2) is 40.2 Å². The molecule has 0 bridgehead atoms. The maximum Gasteiger partial charge on any atom is 0.490 e. The van der Waals surface area contributed by atoms with Crippen molar-refractivity contribution >= 4 is 11.9 Å². The highest BCUT2D eigenvalue weighted by atomic mass is 19.4. The van der Waals surface area contributed by atoms with Crippen LogP contribution in [0.3, 0.4) is 0 Å². The summed E-state index contributed by atoms with van der Waals surface area (Å²) in [4.78, 5) is 15.8. The molecule has 1 aliphatic rings. The number of halogens is 6. The summed E-state index contributed by atoms with van der Waals surface area (Å²) in [7, 11) is 0. The number of hydrogen-bond donors (Lipinski definition) is 1. The average Bonchev–Trinajstić information content (AvgIpc) is 3.27. The van der Waals surface area contributed by atoms with E-state index in [0.29, 0.717) is 6.26 Å². The molecule has 3 rings (SSSR count). The number of rotatable bonds is 1. The molecule has 2 aromatic rings. The molecule has 0 radical (unpaired) electrons. The van der Waals surface area contributed by atoms with Gasteiger partial charge in [0.05, 0.1) is 0 Å². The van der Waals surface area contributed by atoms with Crippen molar-refractivity contribution in [1.82, 2.24) is 20.6 Å². The smallest absolute Gasteiger partial charge is 0.370 e. The maximum atomic E-state index is 12.5. The van der Waals surface area contributed by atoms with Crippen molar-refractivity contribution in [3.8, 4) is 0 Å². The Morgan fingerprint density at radius 3 is 2.26 bits per heavy atom. The zero-order valence-electron chi connectivity index (χ0n) is 13.0. The van der Waals surface area contributed by atoms with Gasteiger partial charge in [-0.05, 0) is 17.3 Å². The number of hydrogen-bond acceptors (Lipinski definition) is 7. The number of nitrogens with zero attached hydrogens (tertiary/aromatic N) is 4. The van der Waals surface area contributed by atoms with Crippen molar-refractivity contribution < 1.29 is 40.5 Å². The number of guanidine groups is 1. The van der Waals surface area contributed by atoms with Gasteiger partial charge in [-0.25, -0.2) is 4.90 Å². The van der Waals surface area contributed by atoms with Gasteiger partial charge in [0.2, 0.25) is 5.69 Å². The molecule has 1 amide bonds. The summed E-state index contributed by atoms with van der Waals surface area (Å²) in [5.74, 6) is -1.36. The zero-order chi connectivity index (χ0) is 20.1. The Bertz CT molecular complexity index is 776. The first kappa shape index (κ1) is 20.0. The van der Waals surface area contributed by atoms with Gasteiger partial charge in [-0.1, -0.05) is 18.2 Å². The molecule has 0 unspecified atom stereocenters. The summed E-state index contributed by atoms with van der Waals surface area (Å²) in [6.45, 7) is -0.770. The van der Waals surface area contributed by atoms with Crippen LogP contribution in [0.2, 0.25) is 0 Å². The third-order valence-electron chi connectivity index (χ3n) is 2.81. The highest BCUT2D eigenvalue weighted by molar-refractivity contribution is 6.05. The van der Waals surface area contributed by atoms with Crippen LogP contribution < -0.4 is 5.32 Å². The number of benzene rings is 1. The number of alkyl halides is 6. The number of carbonyl (C=O) groups is 1. The van der Waals surface area contributed by atoms with Crippen molar-refractivity contribution in [2.75, 3.05) is 6.73 Å². The molecule has 0 atom stereocenters. The molecular formula is C13H9F6N5O3. The van der Waals surface area contributed by atoms with Crippen molar-refractivity contribution in [2.45, 2.75) is 12.5 Å². The second-order valence-corrected chi connectivity index (χ2v) is 4.68. The summed E-state index contributed by atoms with van der Waals surface area (Å²) in [6.07, 6.45) is -8.65. The summed E-state index contributed by atoms with van der Waals surface area (Å²) in [5.41, 5.74) is -0.878. The molecule has 2 heterocycles. The van der Waals surface area contributed by atoms with Crippen LogP contribution in [-0.2, 0) is 11.0 Å². The number of amides is 1. The molecule has 146 valence electrons. The molecule has 14 heteroatoms. The van der Waals surface area contributed by atoms with Gasteiger partial charge < -0.3 is 9.36 Å². The van der Waals surface area contributed by atoms with E-state index in [9.17, 15) is 31.1 Å². The second kappa shape index (κ2) is 7.92. The van der Waals surface area contributed by atoms with Crippen LogP contribution in [0.5, 0.6) is 0 Å². The second-order valence-electron chi connectivity index (χ2n) is 4.68. The summed E-state index contributed by atoms with van der Waals surface area (Å²) in [5, 5.41) is 10.5. The van der Waals surface area contributed by atoms with Crippen LogP contribution >= 0.6 is 0 Å². The quantitative estimate of drug-likeness (QED) is 0.588. The fourth-order valence-electron chi connectivity index (χ4n) is 1.59. The number of oxime groups is 1. The van der Waals surface area contributed by atoms with Crippen molar-refractivity contribution in [1.29, 1.82) is 0 Å². The Labute approximate surface area is 146 Å². The lowest BCUT2D eigenvalue weighted by Gasteiger charge is -2.20. The van der Waals surface area contributed by atoms with Crippen LogP contribution in [0.4, 0.5) is 26.3 Å². The minimum absolute atomic E-state index is 0.103. The number of nitrogens with one attached hydrogen (secondary N) is 1. The predicted octanol–water partition coefficient (Wildman–Crippen LogP) is 2.59. The van der Waals surface area contributed by atoms with Crippen LogP contribution in [0.1, 0.15) is 16.1 Å². The molecule has 1 aliphatic heterocycles. The highest BCUT2D eigenvalue weighted by Gasteiger charge is 2.43. The predicted molar refractivity (Wildman–Crippen MR) is 74.5 cm³/mol. The molecule has 0 aliphatic carbocycles. The van der Waals surface area contributed by atoms with Crippen molar-refractivity contribution in [2.24, 2.45) is 5.16 Å². The Morgan fingerprint density at radius 1 is 1.11 bits per heavy atom. The van der Waals surface area contributed by atoms with E-state index in [-0.39, 0.29) is 10.5 Å². The molecule has 0 spiro atoms. The van der Waals surface area contributed by atoms with Gasteiger partial charge in [-0.15, -0.1) is 18.3 Å². The molecular weight excluding hydrogens is 388 g/mol. The largest absolute Gasteiger partial charge is 0.490 e.